The van der Waals surface area contributed by atoms with Crippen LogP contribution in [-0.4, -0.2) is 216 Å². The lowest BCUT2D eigenvalue weighted by molar-refractivity contribution is -0.386. The number of carbonyl (C=O) groups excluding carboxylic acids is 2. The number of aliphatic hydroxyl groups excluding tert-OH is 11. The van der Waals surface area contributed by atoms with E-state index in [-0.39, 0.29) is 23.8 Å². The molecule has 7 rings (SSSR count). The highest BCUT2D eigenvalue weighted by atomic mass is 16.8. The second-order valence-electron chi connectivity index (χ2n) is 26.0. The first-order chi connectivity index (χ1) is 37.8. The molecule has 0 amide bonds. The quantitative estimate of drug-likeness (QED) is 0.0298. The van der Waals surface area contributed by atoms with Crippen molar-refractivity contribution < 1.29 is 114 Å². The van der Waals surface area contributed by atoms with E-state index in [1.807, 2.05) is 34.6 Å². The number of carbonyl (C=O) groups is 3. The summed E-state index contributed by atoms with van der Waals surface area (Å²) in [5.41, 5.74) is -4.36. The van der Waals surface area contributed by atoms with Crippen molar-refractivity contribution in [3.8, 4) is 0 Å². The van der Waals surface area contributed by atoms with Crippen LogP contribution < -0.4 is 0 Å². The summed E-state index contributed by atoms with van der Waals surface area (Å²) in [4.78, 5) is 40.4. The summed E-state index contributed by atoms with van der Waals surface area (Å²) in [6.45, 7) is 18.9. The van der Waals surface area contributed by atoms with Gasteiger partial charge in [0.05, 0.1) is 50.2 Å². The van der Waals surface area contributed by atoms with Gasteiger partial charge in [0, 0.05) is 22.0 Å². The van der Waals surface area contributed by atoms with Crippen molar-refractivity contribution >= 4 is 17.9 Å². The minimum atomic E-state index is -2.06. The van der Waals surface area contributed by atoms with Gasteiger partial charge in [0.1, 0.15) is 61.0 Å². The Morgan fingerprint density at radius 3 is 1.91 bits per heavy atom. The summed E-state index contributed by atoms with van der Waals surface area (Å²) in [5.74, 6) is -3.96. The SMILES string of the molecule is C/C=C(/C)C(=O)O[C@H]1[C@H](OC(=O)/C(C)=C\C)[C@@]2(CO)C(CC1(C)C)C1=CCC3[C@@]4(C)CC[C@H](O[C@@H]5OC(C(=O)O)[C@@H](O)C(OC(C)O[C@@H](CO)C(O)CO)C5O[C@@H]5OC(CO)[C@H](O)C(O)C5O)C(C)(C)C4CC[C@@]3(C)[C@]1(C)[C@@H](O)[C@H]2O. The molecule has 2 saturated heterocycles. The third-order valence-corrected chi connectivity index (χ3v) is 21.1. The van der Waals surface area contributed by atoms with Gasteiger partial charge in [0.15, 0.2) is 31.1 Å². The number of aliphatic hydroxyl groups is 11. The summed E-state index contributed by atoms with van der Waals surface area (Å²) >= 11 is 0. The number of fused-ring (bicyclic) bond motifs is 7. The van der Waals surface area contributed by atoms with E-state index in [0.717, 1.165) is 5.57 Å². The monoisotopic (exact) mass is 1160 g/mol. The number of carboxylic acid groups (broad SMARTS) is 1. The molecule has 0 bridgehead atoms. The Bertz CT molecular complexity index is 2360. The topological polar surface area (TPSA) is 368 Å². The summed E-state index contributed by atoms with van der Waals surface area (Å²) in [6, 6.07) is 0. The molecule has 11 unspecified atom stereocenters. The zero-order valence-corrected chi connectivity index (χ0v) is 48.8. The molecule has 0 spiro atoms. The Labute approximate surface area is 473 Å². The number of hydrogen-bond donors (Lipinski definition) is 12. The second kappa shape index (κ2) is 24.4. The average Bonchev–Trinajstić information content (AvgIpc) is 3.56. The number of rotatable bonds is 18. The van der Waals surface area contributed by atoms with Gasteiger partial charge in [-0.25, -0.2) is 14.4 Å². The summed E-state index contributed by atoms with van der Waals surface area (Å²) in [5, 5.41) is 132. The molecule has 23 heteroatoms. The van der Waals surface area contributed by atoms with Crippen LogP contribution in [0.15, 0.2) is 34.9 Å². The number of aliphatic carboxylic acids is 1. The molecule has 0 aromatic rings. The Hall–Kier alpha value is -3.05. The molecule has 0 aromatic heterocycles. The Morgan fingerprint density at radius 1 is 0.741 bits per heavy atom. The minimum absolute atomic E-state index is 0.144. The first-order valence-corrected chi connectivity index (χ1v) is 28.5. The zero-order chi connectivity index (χ0) is 60.4. The standard InChI is InChI=1S/C58H92O23/c1-13-26(3)49(72)80-46-47(81-50(73)27(4)14-2)58(25-62)30(21-53(46,6)7)29-15-16-35-55(10)19-18-36(54(8,9)34(55)17-20-56(35,11)57(29,12)44(68)45(58)69)77-52-43(79-51-39(66)38(65)37(64)33(24-61)76-51)41(40(67)42(78-52)48(70)71)75-28(5)74-32(23-60)31(63)22-59/h13-15,28,30-47,51-52,59-69H,16-25H2,1-12H3,(H,70,71)/b26-13-,27-14-/t28?,30?,31?,32-,33?,34?,35?,36-,37-,38?,39?,40-,41?,42?,43?,44-,45+,46-,47-,51-,52+,55-,56+,57-,58-/m0/s1. The number of carboxylic acids is 1. The molecular weight excluding hydrogens is 1060 g/mol. The molecule has 23 nitrogen and oxygen atoms in total. The second-order valence-corrected chi connectivity index (χ2v) is 26.0. The fourth-order valence-corrected chi connectivity index (χ4v) is 16.0. The van der Waals surface area contributed by atoms with E-state index in [1.165, 1.54) is 6.92 Å². The third kappa shape index (κ3) is 10.9. The fourth-order valence-electron chi connectivity index (χ4n) is 16.0. The summed E-state index contributed by atoms with van der Waals surface area (Å²) < 4.78 is 49.3. The number of allylic oxidation sites excluding steroid dienone is 3. The highest BCUT2D eigenvalue weighted by Gasteiger charge is 2.76. The highest BCUT2D eigenvalue weighted by Crippen LogP contribution is 2.76. The molecule has 2 aliphatic heterocycles. The van der Waals surface area contributed by atoms with E-state index in [4.69, 9.17) is 37.9 Å². The van der Waals surface area contributed by atoms with Crippen LogP contribution in [0.25, 0.3) is 0 Å². The predicted molar refractivity (Wildman–Crippen MR) is 283 cm³/mol. The third-order valence-electron chi connectivity index (χ3n) is 21.1. The van der Waals surface area contributed by atoms with Gasteiger partial charge < -0.3 is 99.2 Å². The summed E-state index contributed by atoms with van der Waals surface area (Å²) in [6.07, 6.45) is -21.3. The van der Waals surface area contributed by atoms with Gasteiger partial charge >= 0.3 is 17.9 Å². The lowest BCUT2D eigenvalue weighted by atomic mass is 9.32. The van der Waals surface area contributed by atoms with Crippen LogP contribution in [0.5, 0.6) is 0 Å². The molecule has 5 aliphatic carbocycles. The number of ether oxygens (including phenoxy) is 8. The fraction of sp³-hybridized carbons (Fsp3) is 0.845. The average molecular weight is 1160 g/mol. The molecular formula is C58H92O23. The van der Waals surface area contributed by atoms with E-state index >= 15 is 0 Å². The van der Waals surface area contributed by atoms with Crippen LogP contribution >= 0.6 is 0 Å². The Balaban J connectivity index is 1.25. The van der Waals surface area contributed by atoms with Crippen molar-refractivity contribution in [2.24, 2.45) is 50.2 Å². The number of hydrogen-bond acceptors (Lipinski definition) is 22. The molecule has 7 aliphatic rings. The summed E-state index contributed by atoms with van der Waals surface area (Å²) in [7, 11) is 0. The van der Waals surface area contributed by atoms with E-state index in [2.05, 4.69) is 19.9 Å². The van der Waals surface area contributed by atoms with Crippen molar-refractivity contribution in [3.05, 3.63) is 34.9 Å². The van der Waals surface area contributed by atoms with E-state index in [1.54, 1.807) is 39.8 Å². The van der Waals surface area contributed by atoms with Crippen LogP contribution in [0.1, 0.15) is 122 Å². The molecule has 12 N–H and O–H groups in total. The molecule has 4 saturated carbocycles. The first kappa shape index (κ1) is 65.5. The van der Waals surface area contributed by atoms with Crippen LogP contribution in [-0.2, 0) is 52.3 Å². The largest absolute Gasteiger partial charge is 0.479 e. The molecule has 0 radical (unpaired) electrons. The maximum Gasteiger partial charge on any atom is 0.335 e. The minimum Gasteiger partial charge on any atom is -0.479 e. The lowest BCUT2D eigenvalue weighted by Gasteiger charge is -2.73. The van der Waals surface area contributed by atoms with Crippen molar-refractivity contribution in [2.75, 3.05) is 26.4 Å². The van der Waals surface area contributed by atoms with Gasteiger partial charge in [0.25, 0.3) is 0 Å². The van der Waals surface area contributed by atoms with Crippen LogP contribution in [0.2, 0.25) is 0 Å². The van der Waals surface area contributed by atoms with Crippen molar-refractivity contribution in [1.29, 1.82) is 0 Å². The van der Waals surface area contributed by atoms with Crippen molar-refractivity contribution in [1.82, 2.24) is 0 Å². The maximum absolute atomic E-state index is 13.9. The molecule has 25 atom stereocenters. The maximum atomic E-state index is 13.9. The molecule has 6 fully saturated rings. The van der Waals surface area contributed by atoms with Crippen molar-refractivity contribution in [2.45, 2.75) is 232 Å². The van der Waals surface area contributed by atoms with Crippen LogP contribution in [0, 0.1) is 50.2 Å². The predicted octanol–water partition coefficient (Wildman–Crippen LogP) is 0.900. The lowest BCUT2D eigenvalue weighted by Crippen LogP contribution is -2.76. The van der Waals surface area contributed by atoms with Gasteiger partial charge in [-0.05, 0) is 107 Å². The van der Waals surface area contributed by atoms with Crippen LogP contribution in [0.4, 0.5) is 0 Å². The van der Waals surface area contributed by atoms with Crippen molar-refractivity contribution in [3.63, 3.8) is 0 Å². The highest BCUT2D eigenvalue weighted by molar-refractivity contribution is 5.89. The molecule has 462 valence electrons. The van der Waals surface area contributed by atoms with E-state index < -0.39 is 193 Å². The number of esters is 2. The first-order valence-electron chi connectivity index (χ1n) is 28.5. The van der Waals surface area contributed by atoms with Gasteiger partial charge in [-0.1, -0.05) is 72.3 Å². The van der Waals surface area contributed by atoms with Gasteiger partial charge in [-0.2, -0.15) is 0 Å². The van der Waals surface area contributed by atoms with Gasteiger partial charge in [-0.15, -0.1) is 0 Å². The molecule has 2 heterocycles. The van der Waals surface area contributed by atoms with Crippen LogP contribution in [0.3, 0.4) is 0 Å². The zero-order valence-electron chi connectivity index (χ0n) is 48.8. The van der Waals surface area contributed by atoms with E-state index in [9.17, 15) is 75.7 Å². The molecule has 0 aromatic carbocycles. The van der Waals surface area contributed by atoms with E-state index in [0.29, 0.717) is 37.7 Å². The van der Waals surface area contributed by atoms with Gasteiger partial charge in [-0.3, -0.25) is 0 Å². The Morgan fingerprint density at radius 2 is 1.36 bits per heavy atom. The normalized spacial score (nSPS) is 45.1. The Kier molecular flexibility index (Phi) is 19.7. The molecule has 81 heavy (non-hydrogen) atoms. The smallest absolute Gasteiger partial charge is 0.335 e. The van der Waals surface area contributed by atoms with Gasteiger partial charge in [0.2, 0.25) is 0 Å².